The van der Waals surface area contributed by atoms with Crippen LogP contribution in [0.4, 0.5) is 4.39 Å². The number of pyridine rings is 1. The van der Waals surface area contributed by atoms with Crippen LogP contribution in [0.3, 0.4) is 0 Å². The molecule has 106 valence electrons. The second kappa shape index (κ2) is 5.62. The van der Waals surface area contributed by atoms with E-state index in [1.165, 1.54) is 12.1 Å². The average molecular weight is 281 g/mol. The molecule has 3 heteroatoms. The predicted molar refractivity (Wildman–Crippen MR) is 81.5 cm³/mol. The molecular formula is C18H16FNO. The molecule has 0 spiro atoms. The molecule has 0 saturated heterocycles. The van der Waals surface area contributed by atoms with Crippen LogP contribution in [0, 0.1) is 12.7 Å². The lowest BCUT2D eigenvalue weighted by Gasteiger charge is -2.14. The summed E-state index contributed by atoms with van der Waals surface area (Å²) in [6.07, 6.45) is -0.185. The van der Waals surface area contributed by atoms with E-state index in [9.17, 15) is 9.50 Å². The van der Waals surface area contributed by atoms with Gasteiger partial charge in [0, 0.05) is 17.5 Å². The van der Waals surface area contributed by atoms with Gasteiger partial charge in [-0.05, 0) is 42.3 Å². The Hall–Kier alpha value is -2.26. The summed E-state index contributed by atoms with van der Waals surface area (Å²) in [7, 11) is 0. The molecule has 1 aromatic heterocycles. The maximum absolute atomic E-state index is 12.9. The molecule has 0 saturated carbocycles. The zero-order chi connectivity index (χ0) is 14.8. The number of nitrogens with zero attached hydrogens (tertiary/aromatic N) is 1. The molecule has 0 aliphatic rings. The standard InChI is InChI=1S/C18H16FNO/c1-12-10-16(15-4-2-3-5-17(15)20-12)18(21)11-13-6-8-14(19)9-7-13/h2-10,18,21H,11H2,1H3. The molecular weight excluding hydrogens is 265 g/mol. The number of aliphatic hydroxyl groups excluding tert-OH is 1. The van der Waals surface area contributed by atoms with Crippen molar-refractivity contribution in [3.8, 4) is 0 Å². The van der Waals surface area contributed by atoms with Crippen molar-refractivity contribution in [2.75, 3.05) is 0 Å². The summed E-state index contributed by atoms with van der Waals surface area (Å²) < 4.78 is 12.9. The Bertz CT molecular complexity index is 768. The minimum atomic E-state index is -0.637. The monoisotopic (exact) mass is 281 g/mol. The van der Waals surface area contributed by atoms with Crippen molar-refractivity contribution < 1.29 is 9.50 Å². The number of benzene rings is 2. The van der Waals surface area contributed by atoms with Crippen molar-refractivity contribution in [2.45, 2.75) is 19.4 Å². The molecule has 3 rings (SSSR count). The molecule has 21 heavy (non-hydrogen) atoms. The van der Waals surface area contributed by atoms with Crippen molar-refractivity contribution in [1.29, 1.82) is 0 Å². The highest BCUT2D eigenvalue weighted by molar-refractivity contribution is 5.82. The minimum absolute atomic E-state index is 0.265. The SMILES string of the molecule is Cc1cc(C(O)Cc2ccc(F)cc2)c2ccccc2n1. The van der Waals surface area contributed by atoms with Crippen LogP contribution in [0.15, 0.2) is 54.6 Å². The maximum atomic E-state index is 12.9. The van der Waals surface area contributed by atoms with Gasteiger partial charge in [-0.25, -0.2) is 4.39 Å². The molecule has 1 N–H and O–H groups in total. The Balaban J connectivity index is 1.97. The number of para-hydroxylation sites is 1. The highest BCUT2D eigenvalue weighted by Gasteiger charge is 2.13. The lowest BCUT2D eigenvalue weighted by atomic mass is 9.97. The van der Waals surface area contributed by atoms with E-state index in [1.807, 2.05) is 37.3 Å². The summed E-state index contributed by atoms with van der Waals surface area (Å²) in [5.41, 5.74) is 3.53. The third-order valence-corrected chi connectivity index (χ3v) is 3.58. The Morgan fingerprint density at radius 3 is 2.57 bits per heavy atom. The lowest BCUT2D eigenvalue weighted by molar-refractivity contribution is 0.180. The first kappa shape index (κ1) is 13.7. The summed E-state index contributed by atoms with van der Waals surface area (Å²) in [6, 6.07) is 15.9. The first-order valence-corrected chi connectivity index (χ1v) is 6.92. The van der Waals surface area contributed by atoms with Crippen LogP contribution in [-0.2, 0) is 6.42 Å². The number of hydrogen-bond donors (Lipinski definition) is 1. The Labute approximate surface area is 122 Å². The average Bonchev–Trinajstić information content (AvgIpc) is 2.48. The number of aliphatic hydroxyl groups is 1. The number of hydrogen-bond acceptors (Lipinski definition) is 2. The van der Waals surface area contributed by atoms with Crippen LogP contribution in [0.5, 0.6) is 0 Å². The van der Waals surface area contributed by atoms with Crippen LogP contribution in [0.2, 0.25) is 0 Å². The number of fused-ring (bicyclic) bond motifs is 1. The summed E-state index contributed by atoms with van der Waals surface area (Å²) in [5, 5.41) is 11.5. The van der Waals surface area contributed by atoms with E-state index < -0.39 is 6.10 Å². The Kier molecular flexibility index (Phi) is 3.67. The van der Waals surface area contributed by atoms with Gasteiger partial charge in [-0.1, -0.05) is 30.3 Å². The van der Waals surface area contributed by atoms with Gasteiger partial charge in [-0.2, -0.15) is 0 Å². The van der Waals surface area contributed by atoms with Crippen molar-refractivity contribution in [3.63, 3.8) is 0 Å². The molecule has 0 amide bonds. The summed E-state index contributed by atoms with van der Waals surface area (Å²) >= 11 is 0. The topological polar surface area (TPSA) is 33.1 Å². The number of halogens is 1. The molecule has 1 unspecified atom stereocenters. The van der Waals surface area contributed by atoms with Gasteiger partial charge in [0.1, 0.15) is 5.82 Å². The Morgan fingerprint density at radius 2 is 1.81 bits per heavy atom. The molecule has 0 bridgehead atoms. The zero-order valence-corrected chi connectivity index (χ0v) is 11.8. The number of rotatable bonds is 3. The highest BCUT2D eigenvalue weighted by atomic mass is 19.1. The van der Waals surface area contributed by atoms with Gasteiger partial charge in [-0.3, -0.25) is 4.98 Å². The van der Waals surface area contributed by atoms with E-state index >= 15 is 0 Å². The van der Waals surface area contributed by atoms with Gasteiger partial charge in [0.15, 0.2) is 0 Å². The third-order valence-electron chi connectivity index (χ3n) is 3.58. The molecule has 3 aromatic rings. The van der Waals surface area contributed by atoms with E-state index in [2.05, 4.69) is 4.98 Å². The van der Waals surface area contributed by atoms with Gasteiger partial charge in [0.05, 0.1) is 11.6 Å². The van der Waals surface area contributed by atoms with E-state index in [-0.39, 0.29) is 5.82 Å². The van der Waals surface area contributed by atoms with E-state index in [1.54, 1.807) is 12.1 Å². The molecule has 1 atom stereocenters. The molecule has 1 heterocycles. The smallest absolute Gasteiger partial charge is 0.123 e. The van der Waals surface area contributed by atoms with Crippen molar-refractivity contribution >= 4 is 10.9 Å². The first-order chi connectivity index (χ1) is 10.1. The largest absolute Gasteiger partial charge is 0.388 e. The molecule has 2 aromatic carbocycles. The van der Waals surface area contributed by atoms with Gasteiger partial charge in [-0.15, -0.1) is 0 Å². The van der Waals surface area contributed by atoms with E-state index in [0.717, 1.165) is 27.7 Å². The molecule has 0 aliphatic carbocycles. The molecule has 2 nitrogen and oxygen atoms in total. The van der Waals surface area contributed by atoms with Gasteiger partial charge >= 0.3 is 0 Å². The van der Waals surface area contributed by atoms with Gasteiger partial charge in [0.25, 0.3) is 0 Å². The normalized spacial score (nSPS) is 12.5. The predicted octanol–water partition coefficient (Wildman–Crippen LogP) is 3.96. The summed E-state index contributed by atoms with van der Waals surface area (Å²) in [6.45, 7) is 1.92. The zero-order valence-electron chi connectivity index (χ0n) is 11.8. The van der Waals surface area contributed by atoms with Crippen LogP contribution in [0.1, 0.15) is 22.9 Å². The van der Waals surface area contributed by atoms with Crippen molar-refractivity contribution in [2.24, 2.45) is 0 Å². The number of aryl methyl sites for hydroxylation is 1. The quantitative estimate of drug-likeness (QED) is 0.788. The number of aromatic nitrogens is 1. The van der Waals surface area contributed by atoms with Crippen LogP contribution < -0.4 is 0 Å². The second-order valence-corrected chi connectivity index (χ2v) is 5.22. The minimum Gasteiger partial charge on any atom is -0.388 e. The summed E-state index contributed by atoms with van der Waals surface area (Å²) in [4.78, 5) is 4.48. The fourth-order valence-electron chi connectivity index (χ4n) is 2.57. The van der Waals surface area contributed by atoms with Crippen LogP contribution >= 0.6 is 0 Å². The van der Waals surface area contributed by atoms with Crippen molar-refractivity contribution in [1.82, 2.24) is 4.98 Å². The third kappa shape index (κ3) is 2.93. The fraction of sp³-hybridized carbons (Fsp3) is 0.167. The lowest BCUT2D eigenvalue weighted by Crippen LogP contribution is -2.04. The van der Waals surface area contributed by atoms with E-state index in [0.29, 0.717) is 6.42 Å². The molecule has 0 radical (unpaired) electrons. The maximum Gasteiger partial charge on any atom is 0.123 e. The van der Waals surface area contributed by atoms with Gasteiger partial charge < -0.3 is 5.11 Å². The fourth-order valence-corrected chi connectivity index (χ4v) is 2.57. The highest BCUT2D eigenvalue weighted by Crippen LogP contribution is 2.26. The van der Waals surface area contributed by atoms with Gasteiger partial charge in [0.2, 0.25) is 0 Å². The molecule has 0 aliphatic heterocycles. The van der Waals surface area contributed by atoms with Crippen molar-refractivity contribution in [3.05, 3.63) is 77.2 Å². The van der Waals surface area contributed by atoms with Crippen LogP contribution in [0.25, 0.3) is 10.9 Å². The van der Waals surface area contributed by atoms with Crippen LogP contribution in [-0.4, -0.2) is 10.1 Å². The molecule has 0 fully saturated rings. The Morgan fingerprint density at radius 1 is 1.10 bits per heavy atom. The van der Waals surface area contributed by atoms with E-state index in [4.69, 9.17) is 0 Å². The summed E-state index contributed by atoms with van der Waals surface area (Å²) in [5.74, 6) is -0.265. The second-order valence-electron chi connectivity index (χ2n) is 5.22. The first-order valence-electron chi connectivity index (χ1n) is 6.92.